The Kier molecular flexibility index (Phi) is 10.6. The van der Waals surface area contributed by atoms with E-state index in [0.717, 1.165) is 12.8 Å². The van der Waals surface area contributed by atoms with Crippen LogP contribution in [-0.4, -0.2) is 29.3 Å². The average molecular weight is 776 g/mol. The third-order valence-corrected chi connectivity index (χ3v) is 6.81. The van der Waals surface area contributed by atoms with Crippen LogP contribution in [-0.2, 0) is 0 Å². The smallest absolute Gasteiger partial charge is 0.338 e. The Bertz CT molecular complexity index is 1570. The summed E-state index contributed by atoms with van der Waals surface area (Å²) in [7, 11) is 1.51. The van der Waals surface area contributed by atoms with Gasteiger partial charge in [-0.1, -0.05) is 0 Å². The van der Waals surface area contributed by atoms with Gasteiger partial charge in [0, 0.05) is 18.5 Å². The lowest BCUT2D eigenvalue weighted by Gasteiger charge is -2.13. The molecule has 40 heavy (non-hydrogen) atoms. The van der Waals surface area contributed by atoms with Gasteiger partial charge in [0.05, 0.1) is 18.4 Å². The molecular weight excluding hydrogens is 755 g/mol. The number of hydrogen-bond donors (Lipinski definition) is 4. The van der Waals surface area contributed by atoms with Gasteiger partial charge >= 0.3 is 11.9 Å². The predicted molar refractivity (Wildman–Crippen MR) is 163 cm³/mol. The van der Waals surface area contributed by atoms with Gasteiger partial charge in [-0.15, -0.1) is 0 Å². The van der Waals surface area contributed by atoms with Crippen LogP contribution >= 0.6 is 45.2 Å². The van der Waals surface area contributed by atoms with E-state index < -0.39 is 40.6 Å². The number of carboxylic acids is 2. The summed E-state index contributed by atoms with van der Waals surface area (Å²) in [6, 6.07) is 18.2. The highest BCUT2D eigenvalue weighted by atomic mass is 127. The van der Waals surface area contributed by atoms with Crippen LogP contribution in [0, 0.1) is 31.5 Å². The second-order valence-electron chi connectivity index (χ2n) is 8.15. The van der Waals surface area contributed by atoms with Gasteiger partial charge in [0.1, 0.15) is 17.0 Å². The topological polar surface area (TPSA) is 108 Å². The minimum Gasteiger partial charge on any atom is -0.497 e. The predicted octanol–water partition coefficient (Wildman–Crippen LogP) is 8.20. The molecule has 0 bridgehead atoms. The molecule has 0 aliphatic heterocycles. The van der Waals surface area contributed by atoms with Crippen molar-refractivity contribution in [1.29, 1.82) is 0 Å². The molecule has 0 atom stereocenters. The molecule has 0 aliphatic rings. The Hall–Kier alpha value is -3.53. The fourth-order valence-corrected chi connectivity index (χ4v) is 4.40. The van der Waals surface area contributed by atoms with Gasteiger partial charge in [0.25, 0.3) is 0 Å². The molecule has 4 aromatic carbocycles. The number of methoxy groups -OCH3 is 1. The average Bonchev–Trinajstić information content (AvgIpc) is 2.91. The Labute approximate surface area is 254 Å². The molecule has 0 heterocycles. The molecule has 7 nitrogen and oxygen atoms in total. The van der Waals surface area contributed by atoms with Crippen molar-refractivity contribution in [2.24, 2.45) is 0 Å². The van der Waals surface area contributed by atoms with Crippen molar-refractivity contribution in [2.75, 3.05) is 17.7 Å². The number of benzene rings is 4. The van der Waals surface area contributed by atoms with E-state index in [4.69, 9.17) is 9.84 Å². The highest BCUT2D eigenvalue weighted by Crippen LogP contribution is 2.30. The van der Waals surface area contributed by atoms with Gasteiger partial charge < -0.3 is 25.6 Å². The number of carbonyl (C=O) groups is 2. The molecule has 0 saturated heterocycles. The van der Waals surface area contributed by atoms with E-state index in [1.807, 2.05) is 24.3 Å². The summed E-state index contributed by atoms with van der Waals surface area (Å²) in [4.78, 5) is 21.9. The third-order valence-electron chi connectivity index (χ3n) is 5.42. The summed E-state index contributed by atoms with van der Waals surface area (Å²) in [5.41, 5.74) is 0.899. The highest BCUT2D eigenvalue weighted by Gasteiger charge is 2.23. The van der Waals surface area contributed by atoms with E-state index in [9.17, 15) is 27.9 Å². The van der Waals surface area contributed by atoms with E-state index in [-0.39, 0.29) is 5.56 Å². The number of anilines is 4. The molecular formula is C28H21F3I2N2O5. The van der Waals surface area contributed by atoms with Crippen LogP contribution in [0.25, 0.3) is 0 Å². The van der Waals surface area contributed by atoms with Crippen molar-refractivity contribution in [3.63, 3.8) is 0 Å². The number of aromatic carboxylic acids is 2. The van der Waals surface area contributed by atoms with Crippen molar-refractivity contribution in [3.05, 3.63) is 108 Å². The number of aryl methyl sites for hydroxylation is 1. The van der Waals surface area contributed by atoms with E-state index in [1.165, 1.54) is 13.2 Å². The molecule has 0 saturated carbocycles. The Balaban J connectivity index is 0.000000222. The Morgan fingerprint density at radius 3 is 1.93 bits per heavy atom. The first-order chi connectivity index (χ1) is 18.9. The fourth-order valence-electron chi connectivity index (χ4n) is 3.39. The molecule has 12 heteroatoms. The van der Waals surface area contributed by atoms with Crippen LogP contribution in [0.4, 0.5) is 35.9 Å². The standard InChI is InChI=1S/C14H9F3INO2.C14H12INO3/c1-6-4-7(18)2-3-10(6)19-13-9(15)5-8(14(20)21)11(16)12(13)17;1-19-11-6-7-13(12(8-11)14(17)18)16-10-4-2-9(15)3-5-10/h2-5,19H,1H3,(H,20,21);2-8,16H,1H3,(H,17,18). The van der Waals surface area contributed by atoms with Crippen molar-refractivity contribution in [1.82, 2.24) is 0 Å². The molecule has 0 fully saturated rings. The van der Waals surface area contributed by atoms with Crippen molar-refractivity contribution >= 4 is 79.9 Å². The lowest BCUT2D eigenvalue weighted by molar-refractivity contribution is 0.0682. The van der Waals surface area contributed by atoms with Crippen molar-refractivity contribution in [3.8, 4) is 5.75 Å². The van der Waals surface area contributed by atoms with Gasteiger partial charge in [-0.3, -0.25) is 0 Å². The lowest BCUT2D eigenvalue weighted by atomic mass is 10.1. The second-order valence-corrected chi connectivity index (χ2v) is 10.6. The highest BCUT2D eigenvalue weighted by molar-refractivity contribution is 14.1. The first-order valence-electron chi connectivity index (χ1n) is 11.3. The molecule has 0 amide bonds. The minimum atomic E-state index is -1.73. The van der Waals surface area contributed by atoms with Gasteiger partial charge in [-0.25, -0.2) is 22.8 Å². The monoisotopic (exact) mass is 776 g/mol. The van der Waals surface area contributed by atoms with Crippen LogP contribution in [0.5, 0.6) is 5.75 Å². The van der Waals surface area contributed by atoms with Gasteiger partial charge in [0.15, 0.2) is 17.5 Å². The molecule has 0 unspecified atom stereocenters. The molecule has 208 valence electrons. The SMILES string of the molecule is COc1ccc(Nc2ccc(I)cc2)c(C(=O)O)c1.Cc1cc(I)ccc1Nc1c(F)cc(C(=O)O)c(F)c1F. The molecule has 4 rings (SSSR count). The lowest BCUT2D eigenvalue weighted by Crippen LogP contribution is -2.08. The van der Waals surface area contributed by atoms with Gasteiger partial charge in [-0.05, 0) is 124 Å². The van der Waals surface area contributed by atoms with Gasteiger partial charge in [-0.2, -0.15) is 0 Å². The number of nitrogens with one attached hydrogen (secondary N) is 2. The molecule has 0 aromatic heterocycles. The summed E-state index contributed by atoms with van der Waals surface area (Å²) < 4.78 is 48.3. The first-order valence-corrected chi connectivity index (χ1v) is 13.4. The second kappa shape index (κ2) is 13.7. The molecule has 4 aromatic rings. The zero-order chi connectivity index (χ0) is 29.6. The van der Waals surface area contributed by atoms with E-state index >= 15 is 0 Å². The van der Waals surface area contributed by atoms with Crippen LogP contribution in [0.2, 0.25) is 0 Å². The quantitative estimate of drug-likeness (QED) is 0.111. The van der Waals surface area contributed by atoms with E-state index in [2.05, 4.69) is 55.8 Å². The van der Waals surface area contributed by atoms with E-state index in [1.54, 1.807) is 37.3 Å². The largest absolute Gasteiger partial charge is 0.497 e. The minimum absolute atomic E-state index is 0.179. The number of halogens is 5. The van der Waals surface area contributed by atoms with Crippen LogP contribution in [0.15, 0.2) is 66.7 Å². The summed E-state index contributed by atoms with van der Waals surface area (Å²) in [5, 5.41) is 23.4. The zero-order valence-corrected chi connectivity index (χ0v) is 25.2. The van der Waals surface area contributed by atoms with Crippen molar-refractivity contribution in [2.45, 2.75) is 6.92 Å². The first kappa shape index (κ1) is 31.0. The normalized spacial score (nSPS) is 10.3. The zero-order valence-electron chi connectivity index (χ0n) is 20.9. The van der Waals surface area contributed by atoms with Crippen LogP contribution < -0.4 is 15.4 Å². The maximum Gasteiger partial charge on any atom is 0.338 e. The third kappa shape index (κ3) is 7.78. The number of hydrogen-bond acceptors (Lipinski definition) is 5. The summed E-state index contributed by atoms with van der Waals surface area (Å²) in [6.45, 7) is 1.72. The number of rotatable bonds is 7. The maximum absolute atomic E-state index is 13.8. The van der Waals surface area contributed by atoms with Crippen molar-refractivity contribution < 1.29 is 37.7 Å². The van der Waals surface area contributed by atoms with E-state index in [0.29, 0.717) is 28.8 Å². The fraction of sp³-hybridized carbons (Fsp3) is 0.0714. The number of carboxylic acid groups (broad SMARTS) is 2. The van der Waals surface area contributed by atoms with Crippen LogP contribution in [0.1, 0.15) is 26.3 Å². The molecule has 4 N–H and O–H groups in total. The van der Waals surface area contributed by atoms with Gasteiger partial charge in [0.2, 0.25) is 0 Å². The molecule has 0 radical (unpaired) electrons. The molecule has 0 aliphatic carbocycles. The summed E-state index contributed by atoms with van der Waals surface area (Å²) in [5.74, 6) is -6.55. The number of ether oxygens (including phenoxy) is 1. The Morgan fingerprint density at radius 2 is 1.35 bits per heavy atom. The maximum atomic E-state index is 13.8. The molecule has 0 spiro atoms. The Morgan fingerprint density at radius 1 is 0.750 bits per heavy atom. The van der Waals surface area contributed by atoms with Crippen LogP contribution in [0.3, 0.4) is 0 Å². The summed E-state index contributed by atoms with van der Waals surface area (Å²) >= 11 is 4.30. The summed E-state index contributed by atoms with van der Waals surface area (Å²) in [6.07, 6.45) is 0.